The van der Waals surface area contributed by atoms with Crippen molar-refractivity contribution in [1.29, 1.82) is 0 Å². The number of rotatable bonds is 6. The van der Waals surface area contributed by atoms with Gasteiger partial charge in [0.2, 0.25) is 0 Å². The maximum absolute atomic E-state index is 3.59. The van der Waals surface area contributed by atoms with Crippen molar-refractivity contribution in [1.82, 2.24) is 4.90 Å². The van der Waals surface area contributed by atoms with Gasteiger partial charge in [-0.15, -0.1) is 0 Å². The Morgan fingerprint density at radius 2 is 2.00 bits per heavy atom. The SMILES string of the molecule is CC(C)CN(CCN(C)C)c1ccc2c(c1)CCC(C)N2. The fraction of sp³-hybridized carbons (Fsp3) is 0.667. The third-order valence-corrected chi connectivity index (χ3v) is 4.11. The molecule has 1 atom stereocenters. The first-order valence-electron chi connectivity index (χ1n) is 8.25. The van der Waals surface area contributed by atoms with Gasteiger partial charge in [-0.2, -0.15) is 0 Å². The lowest BCUT2D eigenvalue weighted by Gasteiger charge is -2.30. The second-order valence-electron chi connectivity index (χ2n) is 7.07. The van der Waals surface area contributed by atoms with Crippen molar-refractivity contribution >= 4 is 11.4 Å². The van der Waals surface area contributed by atoms with E-state index in [0.717, 1.165) is 19.6 Å². The molecular weight excluding hydrogens is 258 g/mol. The normalized spacial score (nSPS) is 17.8. The zero-order valence-electron chi connectivity index (χ0n) is 14.3. The highest BCUT2D eigenvalue weighted by Crippen LogP contribution is 2.29. The van der Waals surface area contributed by atoms with E-state index in [4.69, 9.17) is 0 Å². The van der Waals surface area contributed by atoms with Gasteiger partial charge in [0.05, 0.1) is 0 Å². The summed E-state index contributed by atoms with van der Waals surface area (Å²) in [5, 5.41) is 3.59. The number of hydrogen-bond acceptors (Lipinski definition) is 3. The molecule has 21 heavy (non-hydrogen) atoms. The van der Waals surface area contributed by atoms with Crippen LogP contribution < -0.4 is 10.2 Å². The van der Waals surface area contributed by atoms with Crippen LogP contribution in [-0.2, 0) is 6.42 Å². The van der Waals surface area contributed by atoms with E-state index in [1.54, 1.807) is 0 Å². The van der Waals surface area contributed by atoms with E-state index in [0.29, 0.717) is 12.0 Å². The van der Waals surface area contributed by atoms with E-state index in [1.165, 1.54) is 29.8 Å². The van der Waals surface area contributed by atoms with Crippen LogP contribution in [0.1, 0.15) is 32.8 Å². The molecule has 1 aromatic carbocycles. The van der Waals surface area contributed by atoms with E-state index in [1.807, 2.05) is 0 Å². The lowest BCUT2D eigenvalue weighted by atomic mass is 9.98. The number of nitrogens with one attached hydrogen (secondary N) is 1. The van der Waals surface area contributed by atoms with E-state index in [9.17, 15) is 0 Å². The summed E-state index contributed by atoms with van der Waals surface area (Å²) in [4.78, 5) is 4.79. The van der Waals surface area contributed by atoms with Gasteiger partial charge in [-0.3, -0.25) is 0 Å². The Morgan fingerprint density at radius 1 is 1.24 bits per heavy atom. The summed E-state index contributed by atoms with van der Waals surface area (Å²) in [5.74, 6) is 0.682. The Morgan fingerprint density at radius 3 is 2.67 bits per heavy atom. The third-order valence-electron chi connectivity index (χ3n) is 4.11. The Hall–Kier alpha value is -1.22. The summed E-state index contributed by atoms with van der Waals surface area (Å²) >= 11 is 0. The van der Waals surface area contributed by atoms with Gasteiger partial charge in [-0.1, -0.05) is 13.8 Å². The van der Waals surface area contributed by atoms with Crippen LogP contribution in [0, 0.1) is 5.92 Å². The molecule has 3 nitrogen and oxygen atoms in total. The maximum Gasteiger partial charge on any atom is 0.0376 e. The fourth-order valence-corrected chi connectivity index (χ4v) is 2.92. The molecule has 0 bridgehead atoms. The molecule has 1 aromatic rings. The Kier molecular flexibility index (Phi) is 5.51. The first-order valence-corrected chi connectivity index (χ1v) is 8.25. The van der Waals surface area contributed by atoms with E-state index in [2.05, 4.69) is 68.2 Å². The van der Waals surface area contributed by atoms with Crippen LogP contribution in [0.5, 0.6) is 0 Å². The largest absolute Gasteiger partial charge is 0.382 e. The first kappa shape index (κ1) is 16.2. The maximum atomic E-state index is 3.59. The Balaban J connectivity index is 2.15. The molecule has 1 heterocycles. The molecule has 0 radical (unpaired) electrons. The first-order chi connectivity index (χ1) is 9.95. The van der Waals surface area contributed by atoms with Gasteiger partial charge >= 0.3 is 0 Å². The quantitative estimate of drug-likeness (QED) is 0.865. The molecule has 0 aliphatic carbocycles. The molecule has 0 amide bonds. The highest BCUT2D eigenvalue weighted by molar-refractivity contribution is 5.62. The molecule has 1 unspecified atom stereocenters. The summed E-state index contributed by atoms with van der Waals surface area (Å²) in [6.07, 6.45) is 2.43. The van der Waals surface area contributed by atoms with Crippen molar-refractivity contribution < 1.29 is 0 Å². The van der Waals surface area contributed by atoms with Crippen molar-refractivity contribution in [3.63, 3.8) is 0 Å². The van der Waals surface area contributed by atoms with Gasteiger partial charge in [-0.25, -0.2) is 0 Å². The highest BCUT2D eigenvalue weighted by Gasteiger charge is 2.16. The molecule has 0 fully saturated rings. The number of benzene rings is 1. The Labute approximate surface area is 130 Å². The van der Waals surface area contributed by atoms with E-state index < -0.39 is 0 Å². The van der Waals surface area contributed by atoms with Crippen LogP contribution in [0.3, 0.4) is 0 Å². The van der Waals surface area contributed by atoms with Crippen LogP contribution >= 0.6 is 0 Å². The van der Waals surface area contributed by atoms with Crippen LogP contribution in [0.15, 0.2) is 18.2 Å². The van der Waals surface area contributed by atoms with Crippen molar-refractivity contribution in [2.75, 3.05) is 43.9 Å². The summed E-state index contributed by atoms with van der Waals surface area (Å²) < 4.78 is 0. The number of likely N-dealkylation sites (N-methyl/N-ethyl adjacent to an activating group) is 1. The van der Waals surface area contributed by atoms with Crippen LogP contribution in [0.4, 0.5) is 11.4 Å². The minimum Gasteiger partial charge on any atom is -0.382 e. The van der Waals surface area contributed by atoms with E-state index in [-0.39, 0.29) is 0 Å². The highest BCUT2D eigenvalue weighted by atomic mass is 15.2. The van der Waals surface area contributed by atoms with Gasteiger partial charge in [0, 0.05) is 37.1 Å². The van der Waals surface area contributed by atoms with Crippen LogP contribution in [0.25, 0.3) is 0 Å². The molecule has 0 aromatic heterocycles. The number of aryl methyl sites for hydroxylation is 1. The monoisotopic (exact) mass is 289 g/mol. The fourth-order valence-electron chi connectivity index (χ4n) is 2.92. The molecule has 1 aliphatic heterocycles. The molecule has 0 spiro atoms. The lowest BCUT2D eigenvalue weighted by Crippen LogP contribution is -2.34. The van der Waals surface area contributed by atoms with Gasteiger partial charge in [0.25, 0.3) is 0 Å². The third kappa shape index (κ3) is 4.63. The number of hydrogen-bond donors (Lipinski definition) is 1. The van der Waals surface area contributed by atoms with E-state index >= 15 is 0 Å². The molecular formula is C18H31N3. The van der Waals surface area contributed by atoms with Crippen LogP contribution in [-0.4, -0.2) is 44.7 Å². The molecule has 0 saturated heterocycles. The summed E-state index contributed by atoms with van der Waals surface area (Å²) in [7, 11) is 4.29. The smallest absolute Gasteiger partial charge is 0.0376 e. The van der Waals surface area contributed by atoms with Crippen molar-refractivity contribution in [2.24, 2.45) is 5.92 Å². The average molecular weight is 289 g/mol. The van der Waals surface area contributed by atoms with Gasteiger partial charge < -0.3 is 15.1 Å². The van der Waals surface area contributed by atoms with Crippen molar-refractivity contribution in [2.45, 2.75) is 39.7 Å². The van der Waals surface area contributed by atoms with Crippen molar-refractivity contribution in [3.05, 3.63) is 23.8 Å². The minimum atomic E-state index is 0.601. The van der Waals surface area contributed by atoms with Gasteiger partial charge in [0.1, 0.15) is 0 Å². The zero-order valence-corrected chi connectivity index (χ0v) is 14.3. The number of nitrogens with zero attached hydrogens (tertiary/aromatic N) is 2. The predicted octanol–water partition coefficient (Wildman–Crippen LogP) is 3.46. The summed E-state index contributed by atoms with van der Waals surface area (Å²) in [6.45, 7) is 10.2. The van der Waals surface area contributed by atoms with Gasteiger partial charge in [-0.05, 0) is 63.5 Å². The topological polar surface area (TPSA) is 18.5 Å². The number of anilines is 2. The summed E-state index contributed by atoms with van der Waals surface area (Å²) in [6, 6.07) is 7.54. The lowest BCUT2D eigenvalue weighted by molar-refractivity contribution is 0.409. The van der Waals surface area contributed by atoms with Crippen LogP contribution in [0.2, 0.25) is 0 Å². The van der Waals surface area contributed by atoms with Crippen molar-refractivity contribution in [3.8, 4) is 0 Å². The average Bonchev–Trinajstić information content (AvgIpc) is 2.42. The second kappa shape index (κ2) is 7.17. The molecule has 1 aliphatic rings. The summed E-state index contributed by atoms with van der Waals surface area (Å²) in [5.41, 5.74) is 4.18. The molecule has 3 heteroatoms. The molecule has 118 valence electrons. The Bertz CT molecular complexity index is 454. The second-order valence-corrected chi connectivity index (χ2v) is 7.07. The standard InChI is InChI=1S/C18H31N3/c1-14(2)13-21(11-10-20(4)5)17-8-9-18-16(12-17)7-6-15(3)19-18/h8-9,12,14-15,19H,6-7,10-11,13H2,1-5H3. The number of fused-ring (bicyclic) bond motifs is 1. The molecule has 1 N–H and O–H groups in total. The zero-order chi connectivity index (χ0) is 15.4. The molecule has 2 rings (SSSR count). The minimum absolute atomic E-state index is 0.601. The van der Waals surface area contributed by atoms with Gasteiger partial charge in [0.15, 0.2) is 0 Å². The predicted molar refractivity (Wildman–Crippen MR) is 93.5 cm³/mol. The molecule has 0 saturated carbocycles.